The number of ether oxygens (including phenoxy) is 1. The molecule has 0 aromatic heterocycles. The molecule has 0 amide bonds. The van der Waals surface area contributed by atoms with Crippen LogP contribution >= 0.6 is 28.3 Å². The van der Waals surface area contributed by atoms with E-state index in [4.69, 9.17) is 27.2 Å². The van der Waals surface area contributed by atoms with Crippen molar-refractivity contribution in [2.75, 3.05) is 0 Å². The third kappa shape index (κ3) is 3.50. The summed E-state index contributed by atoms with van der Waals surface area (Å²) in [5.41, 5.74) is 0. The van der Waals surface area contributed by atoms with Gasteiger partial charge < -0.3 is 4.74 Å². The van der Waals surface area contributed by atoms with Gasteiger partial charge in [0.15, 0.2) is 0 Å². The van der Waals surface area contributed by atoms with E-state index in [-0.39, 0.29) is 0 Å². The number of halogens is 2. The molecule has 0 radical (unpaired) electrons. The molecule has 5 heteroatoms. The lowest BCUT2D eigenvalue weighted by atomic mass is 10.3. The van der Waals surface area contributed by atoms with Crippen LogP contribution in [0.2, 0.25) is 0 Å². The molecule has 88 valence electrons. The van der Waals surface area contributed by atoms with E-state index in [0.717, 1.165) is 5.75 Å². The first-order valence-corrected chi connectivity index (χ1v) is 8.40. The van der Waals surface area contributed by atoms with Gasteiger partial charge in [0.05, 0.1) is 0 Å². The number of para-hydroxylation sites is 1. The van der Waals surface area contributed by atoms with Crippen LogP contribution in [-0.2, 0) is 4.57 Å². The van der Waals surface area contributed by atoms with Crippen LogP contribution in [0.4, 0.5) is 0 Å². The van der Waals surface area contributed by atoms with Crippen molar-refractivity contribution in [1.29, 1.82) is 0 Å². The summed E-state index contributed by atoms with van der Waals surface area (Å²) < 4.78 is 16.9. The van der Waals surface area contributed by atoms with Gasteiger partial charge in [-0.15, -0.1) is 0 Å². The van der Waals surface area contributed by atoms with Crippen molar-refractivity contribution in [2.24, 2.45) is 0 Å². The first-order chi connectivity index (χ1) is 8.05. The van der Waals surface area contributed by atoms with Gasteiger partial charge in [0.2, 0.25) is 0 Å². The normalized spacial score (nSPS) is 11.2. The maximum atomic E-state index is 11.4. The Morgan fingerprint density at radius 2 is 1.35 bits per heavy atom. The minimum Gasteiger partial charge on any atom is -0.457 e. The zero-order valence-electron chi connectivity index (χ0n) is 8.72. The van der Waals surface area contributed by atoms with Crippen LogP contribution in [0.5, 0.6) is 11.5 Å². The van der Waals surface area contributed by atoms with Gasteiger partial charge in [0.1, 0.15) is 11.5 Å². The molecule has 0 aliphatic carbocycles. The van der Waals surface area contributed by atoms with Crippen LogP contribution in [-0.4, -0.2) is 0 Å². The number of benzene rings is 2. The average Bonchev–Trinajstić information content (AvgIpc) is 2.30. The number of rotatable bonds is 3. The van der Waals surface area contributed by atoms with Crippen LogP contribution in [0.15, 0.2) is 54.6 Å². The third-order valence-electron chi connectivity index (χ3n) is 2.12. The van der Waals surface area contributed by atoms with Gasteiger partial charge in [-0.1, -0.05) is 18.2 Å². The monoisotopic (exact) mass is 286 g/mol. The molecule has 2 aromatic carbocycles. The minimum absolute atomic E-state index is 0.404. The van der Waals surface area contributed by atoms with Crippen molar-refractivity contribution in [1.82, 2.24) is 0 Å². The minimum atomic E-state index is -3.23. The molecule has 0 N–H and O–H groups in total. The largest absolute Gasteiger partial charge is 0.457 e. The van der Waals surface area contributed by atoms with E-state index >= 15 is 0 Å². The van der Waals surface area contributed by atoms with E-state index in [1.165, 1.54) is 0 Å². The molecule has 0 atom stereocenters. The molecule has 0 spiro atoms. The number of hydrogen-bond acceptors (Lipinski definition) is 2. The highest BCUT2D eigenvalue weighted by Crippen LogP contribution is 2.55. The van der Waals surface area contributed by atoms with Crippen molar-refractivity contribution in [3.05, 3.63) is 54.6 Å². The highest BCUT2D eigenvalue weighted by Gasteiger charge is 2.16. The van der Waals surface area contributed by atoms with Gasteiger partial charge in [-0.3, -0.25) is 4.57 Å². The lowest BCUT2D eigenvalue weighted by molar-refractivity contribution is 0.483. The highest BCUT2D eigenvalue weighted by atomic mass is 35.9. The van der Waals surface area contributed by atoms with Crippen LogP contribution in [0, 0.1) is 0 Å². The maximum absolute atomic E-state index is 11.4. The van der Waals surface area contributed by atoms with E-state index < -0.39 is 5.85 Å². The van der Waals surface area contributed by atoms with E-state index in [9.17, 15) is 4.57 Å². The lowest BCUT2D eigenvalue weighted by Crippen LogP contribution is -1.96. The van der Waals surface area contributed by atoms with Gasteiger partial charge in [-0.25, -0.2) is 0 Å². The molecule has 0 aliphatic rings. The van der Waals surface area contributed by atoms with Crippen LogP contribution in [0.3, 0.4) is 0 Å². The average molecular weight is 287 g/mol. The molecule has 0 unspecified atom stereocenters. The van der Waals surface area contributed by atoms with Crippen molar-refractivity contribution in [3.63, 3.8) is 0 Å². The quantitative estimate of drug-likeness (QED) is 0.760. The molecular weight excluding hydrogens is 278 g/mol. The molecule has 17 heavy (non-hydrogen) atoms. The van der Waals surface area contributed by atoms with Crippen LogP contribution in [0.1, 0.15) is 0 Å². The van der Waals surface area contributed by atoms with Gasteiger partial charge in [-0.2, -0.15) is 0 Å². The molecule has 0 bridgehead atoms. The summed E-state index contributed by atoms with van der Waals surface area (Å²) in [4.78, 5) is 0. The van der Waals surface area contributed by atoms with Crippen LogP contribution < -0.4 is 10.0 Å². The summed E-state index contributed by atoms with van der Waals surface area (Å²) >= 11 is 11.1. The molecule has 2 rings (SSSR count). The fourth-order valence-electron chi connectivity index (χ4n) is 1.31. The Bertz CT molecular complexity index is 534. The molecule has 0 saturated carbocycles. The first kappa shape index (κ1) is 12.5. The standard InChI is InChI=1S/C12H9Cl2O2P/c13-17(14,15)12-8-6-11(7-9-12)16-10-4-2-1-3-5-10/h1-9H. The molecule has 0 saturated heterocycles. The van der Waals surface area contributed by atoms with Crippen molar-refractivity contribution in [3.8, 4) is 11.5 Å². The Balaban J connectivity index is 2.17. The highest BCUT2D eigenvalue weighted by molar-refractivity contribution is 8.13. The zero-order valence-corrected chi connectivity index (χ0v) is 11.1. The molecule has 0 fully saturated rings. The van der Waals surface area contributed by atoms with Crippen LogP contribution in [0.25, 0.3) is 0 Å². The lowest BCUT2D eigenvalue weighted by Gasteiger charge is -2.06. The van der Waals surface area contributed by atoms with E-state index in [2.05, 4.69) is 0 Å². The molecular formula is C12H9Cl2O2P. The fraction of sp³-hybridized carbons (Fsp3) is 0. The van der Waals surface area contributed by atoms with E-state index in [1.807, 2.05) is 30.3 Å². The fourth-order valence-corrected chi connectivity index (χ4v) is 2.48. The smallest absolute Gasteiger partial charge is 0.281 e. The van der Waals surface area contributed by atoms with Gasteiger partial charge in [0, 0.05) is 5.30 Å². The Hall–Kier alpha value is -0.950. The predicted molar refractivity (Wildman–Crippen MR) is 71.9 cm³/mol. The Morgan fingerprint density at radius 1 is 0.824 bits per heavy atom. The van der Waals surface area contributed by atoms with Crippen molar-refractivity contribution < 1.29 is 9.30 Å². The van der Waals surface area contributed by atoms with Gasteiger partial charge >= 0.3 is 0 Å². The second-order valence-corrected chi connectivity index (χ2v) is 8.19. The van der Waals surface area contributed by atoms with Crippen molar-refractivity contribution >= 4 is 33.6 Å². The summed E-state index contributed by atoms with van der Waals surface area (Å²) in [6.45, 7) is 0. The second kappa shape index (κ2) is 5.14. The summed E-state index contributed by atoms with van der Waals surface area (Å²) in [7, 11) is 0. The van der Waals surface area contributed by atoms with Crippen molar-refractivity contribution in [2.45, 2.75) is 0 Å². The van der Waals surface area contributed by atoms with Gasteiger partial charge in [-0.05, 0) is 58.9 Å². The Morgan fingerprint density at radius 3 is 1.88 bits per heavy atom. The van der Waals surface area contributed by atoms with Gasteiger partial charge in [0.25, 0.3) is 5.85 Å². The molecule has 0 heterocycles. The summed E-state index contributed by atoms with van der Waals surface area (Å²) in [6.07, 6.45) is 0. The summed E-state index contributed by atoms with van der Waals surface area (Å²) in [5, 5.41) is 0.404. The topological polar surface area (TPSA) is 26.3 Å². The SMILES string of the molecule is O=P(Cl)(Cl)c1ccc(Oc2ccccc2)cc1. The predicted octanol–water partition coefficient (Wildman–Crippen LogP) is 4.77. The molecule has 2 aromatic rings. The number of hydrogen-bond donors (Lipinski definition) is 0. The maximum Gasteiger partial charge on any atom is 0.281 e. The van der Waals surface area contributed by atoms with E-state index in [1.54, 1.807) is 24.3 Å². The summed E-state index contributed by atoms with van der Waals surface area (Å²) in [5.74, 6) is -1.85. The zero-order chi connectivity index (χ0) is 12.3. The Labute approximate surface area is 109 Å². The summed E-state index contributed by atoms with van der Waals surface area (Å²) in [6, 6.07) is 15.9. The third-order valence-corrected chi connectivity index (χ3v) is 4.19. The Kier molecular flexibility index (Phi) is 3.78. The second-order valence-electron chi connectivity index (χ2n) is 3.37. The molecule has 0 aliphatic heterocycles. The van der Waals surface area contributed by atoms with E-state index in [0.29, 0.717) is 11.1 Å². The first-order valence-electron chi connectivity index (χ1n) is 4.88. The molecule has 2 nitrogen and oxygen atoms in total.